The van der Waals surface area contributed by atoms with Crippen LogP contribution in [0.1, 0.15) is 28.5 Å². The molecule has 5 heteroatoms. The summed E-state index contributed by atoms with van der Waals surface area (Å²) in [5.74, 6) is -0.163. The second-order valence-corrected chi connectivity index (χ2v) is 7.17. The lowest BCUT2D eigenvalue weighted by Gasteiger charge is -2.18. The summed E-state index contributed by atoms with van der Waals surface area (Å²) in [6.45, 7) is 0.323. The summed E-state index contributed by atoms with van der Waals surface area (Å²) < 4.78 is 0. The molecule has 3 rings (SSSR count). The van der Waals surface area contributed by atoms with Crippen LogP contribution in [0.3, 0.4) is 0 Å². The first kappa shape index (κ1) is 18.9. The van der Waals surface area contributed by atoms with Crippen molar-refractivity contribution in [2.24, 2.45) is 0 Å². The van der Waals surface area contributed by atoms with Gasteiger partial charge in [-0.25, -0.2) is 0 Å². The third kappa shape index (κ3) is 5.79. The Bertz CT molecular complexity index is 849. The van der Waals surface area contributed by atoms with Gasteiger partial charge in [-0.3, -0.25) is 9.59 Å². The average Bonchev–Trinajstić information content (AvgIpc) is 3.22. The van der Waals surface area contributed by atoms with Crippen LogP contribution in [0.15, 0.2) is 78.2 Å². The molecule has 2 aromatic carbocycles. The smallest absolute Gasteiger partial charge is 0.224 e. The van der Waals surface area contributed by atoms with Crippen LogP contribution in [0.25, 0.3) is 0 Å². The van der Waals surface area contributed by atoms with E-state index in [0.29, 0.717) is 13.0 Å². The van der Waals surface area contributed by atoms with Crippen LogP contribution >= 0.6 is 11.3 Å². The van der Waals surface area contributed by atoms with Gasteiger partial charge in [0.2, 0.25) is 11.8 Å². The Morgan fingerprint density at radius 2 is 1.56 bits per heavy atom. The number of carbonyl (C=O) groups excluding carboxylic acids is 2. The number of rotatable bonds is 8. The van der Waals surface area contributed by atoms with Crippen molar-refractivity contribution in [3.05, 3.63) is 94.2 Å². The van der Waals surface area contributed by atoms with Crippen LogP contribution < -0.4 is 10.6 Å². The van der Waals surface area contributed by atoms with Crippen LogP contribution in [-0.4, -0.2) is 18.4 Å². The quantitative estimate of drug-likeness (QED) is 0.628. The van der Waals surface area contributed by atoms with Gasteiger partial charge in [-0.1, -0.05) is 66.7 Å². The van der Waals surface area contributed by atoms with Crippen LogP contribution in [0, 0.1) is 0 Å². The molecule has 4 nitrogen and oxygen atoms in total. The highest BCUT2D eigenvalue weighted by atomic mass is 32.1. The van der Waals surface area contributed by atoms with Crippen molar-refractivity contribution in [2.75, 3.05) is 6.54 Å². The van der Waals surface area contributed by atoms with E-state index in [-0.39, 0.29) is 24.3 Å². The molecule has 2 N–H and O–H groups in total. The molecule has 1 atom stereocenters. The summed E-state index contributed by atoms with van der Waals surface area (Å²) in [5.41, 5.74) is 2.00. The van der Waals surface area contributed by atoms with Crippen LogP contribution in [0.2, 0.25) is 0 Å². The van der Waals surface area contributed by atoms with Crippen molar-refractivity contribution in [2.45, 2.75) is 18.9 Å². The van der Waals surface area contributed by atoms with Crippen molar-refractivity contribution in [1.82, 2.24) is 10.6 Å². The van der Waals surface area contributed by atoms with Gasteiger partial charge in [0.25, 0.3) is 0 Å². The molecule has 0 aliphatic carbocycles. The monoisotopic (exact) mass is 378 g/mol. The Labute approximate surface area is 163 Å². The Kier molecular flexibility index (Phi) is 6.77. The molecule has 2 amide bonds. The minimum atomic E-state index is -0.168. The Morgan fingerprint density at radius 1 is 0.852 bits per heavy atom. The van der Waals surface area contributed by atoms with Crippen molar-refractivity contribution in [1.29, 1.82) is 0 Å². The molecule has 1 aromatic heterocycles. The second kappa shape index (κ2) is 9.69. The molecule has 0 saturated carbocycles. The number of carbonyl (C=O) groups is 2. The molecule has 1 heterocycles. The standard InChI is InChI=1S/C22H22N2O2S/c25-20(13-14-23-21(26)16-17-8-3-1-4-9-17)24-22(19-12-7-15-27-19)18-10-5-2-6-11-18/h1-12,15,22H,13-14,16H2,(H,23,26)(H,24,25)/t22-/m0/s1. The summed E-state index contributed by atoms with van der Waals surface area (Å²) in [7, 11) is 0. The maximum Gasteiger partial charge on any atom is 0.224 e. The number of benzene rings is 2. The van der Waals surface area contributed by atoms with Gasteiger partial charge in [0.15, 0.2) is 0 Å². The van der Waals surface area contributed by atoms with Gasteiger partial charge < -0.3 is 10.6 Å². The summed E-state index contributed by atoms with van der Waals surface area (Å²) in [5, 5.41) is 7.89. The number of nitrogens with one attached hydrogen (secondary N) is 2. The van der Waals surface area contributed by atoms with Crippen molar-refractivity contribution >= 4 is 23.2 Å². The van der Waals surface area contributed by atoms with Gasteiger partial charge in [-0.15, -0.1) is 11.3 Å². The van der Waals surface area contributed by atoms with Crippen molar-refractivity contribution in [3.8, 4) is 0 Å². The highest BCUT2D eigenvalue weighted by Crippen LogP contribution is 2.25. The van der Waals surface area contributed by atoms with E-state index in [0.717, 1.165) is 16.0 Å². The van der Waals surface area contributed by atoms with E-state index >= 15 is 0 Å². The predicted octanol–water partition coefficient (Wildman–Crippen LogP) is 3.70. The summed E-state index contributed by atoms with van der Waals surface area (Å²) in [4.78, 5) is 25.5. The maximum atomic E-state index is 12.4. The molecular formula is C22H22N2O2S. The molecule has 0 aliphatic heterocycles. The van der Waals surface area contributed by atoms with Gasteiger partial charge in [-0.05, 0) is 22.6 Å². The topological polar surface area (TPSA) is 58.2 Å². The molecule has 27 heavy (non-hydrogen) atoms. The van der Waals surface area contributed by atoms with Crippen molar-refractivity contribution in [3.63, 3.8) is 0 Å². The SMILES string of the molecule is O=C(Cc1ccccc1)NCCC(=O)N[C@@H](c1ccccc1)c1cccs1. The molecule has 0 radical (unpaired) electrons. The zero-order valence-electron chi connectivity index (χ0n) is 14.9. The van der Waals surface area contributed by atoms with E-state index in [1.54, 1.807) is 11.3 Å². The third-order valence-corrected chi connectivity index (χ3v) is 5.08. The third-order valence-electron chi connectivity index (χ3n) is 4.15. The lowest BCUT2D eigenvalue weighted by molar-refractivity contribution is -0.122. The highest BCUT2D eigenvalue weighted by molar-refractivity contribution is 7.10. The van der Waals surface area contributed by atoms with E-state index in [2.05, 4.69) is 10.6 Å². The van der Waals surface area contributed by atoms with E-state index in [1.165, 1.54) is 0 Å². The Balaban J connectivity index is 1.50. The summed E-state index contributed by atoms with van der Waals surface area (Å²) >= 11 is 1.61. The van der Waals surface area contributed by atoms with Gasteiger partial charge in [0.1, 0.15) is 0 Å². The van der Waals surface area contributed by atoms with E-state index < -0.39 is 0 Å². The molecular weight excluding hydrogens is 356 g/mol. The molecule has 0 fully saturated rings. The predicted molar refractivity (Wildman–Crippen MR) is 109 cm³/mol. The van der Waals surface area contributed by atoms with Gasteiger partial charge in [-0.2, -0.15) is 0 Å². The minimum Gasteiger partial charge on any atom is -0.355 e. The number of thiophene rings is 1. The maximum absolute atomic E-state index is 12.4. The first-order valence-electron chi connectivity index (χ1n) is 8.91. The van der Waals surface area contributed by atoms with Gasteiger partial charge in [0, 0.05) is 17.8 Å². The first-order valence-corrected chi connectivity index (χ1v) is 9.78. The van der Waals surface area contributed by atoms with E-state index in [9.17, 15) is 9.59 Å². The molecule has 3 aromatic rings. The highest BCUT2D eigenvalue weighted by Gasteiger charge is 2.17. The Morgan fingerprint density at radius 3 is 2.22 bits per heavy atom. The van der Waals surface area contributed by atoms with Crippen LogP contribution in [0.4, 0.5) is 0 Å². The van der Waals surface area contributed by atoms with E-state index in [1.807, 2.05) is 78.2 Å². The minimum absolute atomic E-state index is 0.0770. The van der Waals surface area contributed by atoms with Crippen molar-refractivity contribution < 1.29 is 9.59 Å². The zero-order chi connectivity index (χ0) is 18.9. The Hall–Kier alpha value is -2.92. The second-order valence-electron chi connectivity index (χ2n) is 6.19. The average molecular weight is 378 g/mol. The summed E-state index contributed by atoms with van der Waals surface area (Å²) in [6, 6.07) is 23.3. The molecule has 0 aliphatic rings. The van der Waals surface area contributed by atoms with Crippen LogP contribution in [-0.2, 0) is 16.0 Å². The first-order chi connectivity index (χ1) is 13.2. The fourth-order valence-electron chi connectivity index (χ4n) is 2.81. The molecule has 0 spiro atoms. The van der Waals surface area contributed by atoms with Crippen LogP contribution in [0.5, 0.6) is 0 Å². The summed E-state index contributed by atoms with van der Waals surface area (Å²) in [6.07, 6.45) is 0.569. The number of hydrogen-bond acceptors (Lipinski definition) is 3. The largest absolute Gasteiger partial charge is 0.355 e. The van der Waals surface area contributed by atoms with Gasteiger partial charge in [0.05, 0.1) is 12.5 Å². The lowest BCUT2D eigenvalue weighted by atomic mass is 10.1. The fourth-order valence-corrected chi connectivity index (χ4v) is 3.61. The zero-order valence-corrected chi connectivity index (χ0v) is 15.7. The van der Waals surface area contributed by atoms with Gasteiger partial charge >= 0.3 is 0 Å². The number of amides is 2. The molecule has 0 unspecified atom stereocenters. The normalized spacial score (nSPS) is 11.6. The molecule has 138 valence electrons. The fraction of sp³-hybridized carbons (Fsp3) is 0.182. The molecule has 0 saturated heterocycles. The lowest BCUT2D eigenvalue weighted by Crippen LogP contribution is -2.33. The number of hydrogen-bond donors (Lipinski definition) is 2. The van der Waals surface area contributed by atoms with E-state index in [4.69, 9.17) is 0 Å². The molecule has 0 bridgehead atoms.